The molecule has 24 heavy (non-hydrogen) atoms. The molecule has 0 aliphatic rings. The highest BCUT2D eigenvalue weighted by atomic mass is 32.1. The summed E-state index contributed by atoms with van der Waals surface area (Å²) in [5.41, 5.74) is 3.40. The maximum atomic E-state index is 12.0. The van der Waals surface area contributed by atoms with E-state index < -0.39 is 0 Å². The Labute approximate surface area is 143 Å². The number of carbonyl (C=O) groups is 2. The number of thiophene rings is 1. The van der Waals surface area contributed by atoms with Gasteiger partial charge in [0.25, 0.3) is 5.91 Å². The van der Waals surface area contributed by atoms with Crippen molar-refractivity contribution in [2.45, 2.75) is 13.5 Å². The van der Waals surface area contributed by atoms with E-state index in [1.807, 2.05) is 42.6 Å². The summed E-state index contributed by atoms with van der Waals surface area (Å²) in [4.78, 5) is 28.3. The molecule has 1 aromatic carbocycles. The van der Waals surface area contributed by atoms with Crippen molar-refractivity contribution in [3.8, 4) is 0 Å². The van der Waals surface area contributed by atoms with Gasteiger partial charge in [-0.3, -0.25) is 14.6 Å². The Bertz CT molecular complexity index is 875. The highest BCUT2D eigenvalue weighted by Gasteiger charge is 2.09. The molecule has 0 aliphatic heterocycles. The lowest BCUT2D eigenvalue weighted by atomic mass is 10.1. The molecular weight excluding hydrogens is 322 g/mol. The van der Waals surface area contributed by atoms with Crippen molar-refractivity contribution < 1.29 is 9.59 Å². The molecule has 3 rings (SSSR count). The summed E-state index contributed by atoms with van der Waals surface area (Å²) >= 11 is 1.44. The molecule has 122 valence electrons. The van der Waals surface area contributed by atoms with E-state index in [2.05, 4.69) is 15.6 Å². The van der Waals surface area contributed by atoms with Gasteiger partial charge < -0.3 is 10.6 Å². The molecule has 0 atom stereocenters. The molecular formula is C18H17N3O2S. The zero-order valence-corrected chi connectivity index (χ0v) is 14.0. The molecule has 2 aromatic heterocycles. The van der Waals surface area contributed by atoms with Crippen LogP contribution in [0.25, 0.3) is 10.9 Å². The van der Waals surface area contributed by atoms with Crippen molar-refractivity contribution in [1.82, 2.24) is 15.6 Å². The normalized spacial score (nSPS) is 10.5. The number of nitrogens with zero attached hydrogens (tertiary/aromatic N) is 1. The standard InChI is InChI=1S/C18H17N3O2S/c1-12-8-14(15-4-2-3-5-16(15)21-12)9-19-17(22)10-20-18(23)13-6-7-24-11-13/h2-8,11H,9-10H2,1H3,(H,19,22)(H,20,23). The second-order valence-electron chi connectivity index (χ2n) is 5.41. The molecule has 2 N–H and O–H groups in total. The molecule has 0 fully saturated rings. The van der Waals surface area contributed by atoms with Crippen molar-refractivity contribution in [3.63, 3.8) is 0 Å². The summed E-state index contributed by atoms with van der Waals surface area (Å²) in [5.74, 6) is -0.464. The number of benzene rings is 1. The molecule has 2 amide bonds. The van der Waals surface area contributed by atoms with Crippen molar-refractivity contribution in [1.29, 1.82) is 0 Å². The molecule has 0 unspecified atom stereocenters. The minimum absolute atomic E-state index is 0.0450. The van der Waals surface area contributed by atoms with Crippen LogP contribution in [0.1, 0.15) is 21.6 Å². The number of pyridine rings is 1. The first-order valence-corrected chi connectivity index (χ1v) is 8.50. The third-order valence-corrected chi connectivity index (χ3v) is 4.28. The summed E-state index contributed by atoms with van der Waals surface area (Å²) in [6.45, 7) is 2.28. The Morgan fingerprint density at radius 2 is 2.00 bits per heavy atom. The van der Waals surface area contributed by atoms with Gasteiger partial charge >= 0.3 is 0 Å². The van der Waals surface area contributed by atoms with Gasteiger partial charge in [0.15, 0.2) is 0 Å². The second kappa shape index (κ2) is 7.23. The van der Waals surface area contributed by atoms with Gasteiger partial charge in [0, 0.05) is 28.6 Å². The van der Waals surface area contributed by atoms with Crippen LogP contribution in [-0.4, -0.2) is 23.3 Å². The van der Waals surface area contributed by atoms with Gasteiger partial charge in [-0.2, -0.15) is 11.3 Å². The molecule has 0 bridgehead atoms. The summed E-state index contributed by atoms with van der Waals surface area (Å²) in [6.07, 6.45) is 0. The summed E-state index contributed by atoms with van der Waals surface area (Å²) in [6, 6.07) is 11.5. The van der Waals surface area contributed by atoms with E-state index in [1.54, 1.807) is 11.4 Å². The number of rotatable bonds is 5. The fourth-order valence-corrected chi connectivity index (χ4v) is 3.09. The van der Waals surface area contributed by atoms with Gasteiger partial charge in [0.05, 0.1) is 12.1 Å². The highest BCUT2D eigenvalue weighted by Crippen LogP contribution is 2.17. The van der Waals surface area contributed by atoms with Gasteiger partial charge in [-0.1, -0.05) is 18.2 Å². The predicted octanol–water partition coefficient (Wildman–Crippen LogP) is 2.65. The van der Waals surface area contributed by atoms with E-state index in [9.17, 15) is 9.59 Å². The van der Waals surface area contributed by atoms with E-state index in [-0.39, 0.29) is 18.4 Å². The van der Waals surface area contributed by atoms with Gasteiger partial charge in [-0.25, -0.2) is 0 Å². The largest absolute Gasteiger partial charge is 0.350 e. The lowest BCUT2D eigenvalue weighted by molar-refractivity contribution is -0.120. The Kier molecular flexibility index (Phi) is 4.86. The fourth-order valence-electron chi connectivity index (χ4n) is 2.45. The highest BCUT2D eigenvalue weighted by molar-refractivity contribution is 7.08. The van der Waals surface area contributed by atoms with Crippen LogP contribution in [0.3, 0.4) is 0 Å². The van der Waals surface area contributed by atoms with Crippen LogP contribution in [0, 0.1) is 6.92 Å². The zero-order valence-electron chi connectivity index (χ0n) is 13.2. The quantitative estimate of drug-likeness (QED) is 0.751. The van der Waals surface area contributed by atoms with Gasteiger partial charge in [-0.15, -0.1) is 0 Å². The topological polar surface area (TPSA) is 71.1 Å². The lowest BCUT2D eigenvalue weighted by Crippen LogP contribution is -2.36. The summed E-state index contributed by atoms with van der Waals surface area (Å²) in [5, 5.41) is 10.0. The second-order valence-corrected chi connectivity index (χ2v) is 6.19. The van der Waals surface area contributed by atoms with Crippen LogP contribution in [-0.2, 0) is 11.3 Å². The summed E-state index contributed by atoms with van der Waals surface area (Å²) < 4.78 is 0. The monoisotopic (exact) mass is 339 g/mol. The molecule has 0 radical (unpaired) electrons. The predicted molar refractivity (Wildman–Crippen MR) is 95.0 cm³/mol. The van der Waals surface area contributed by atoms with Crippen molar-refractivity contribution in [2.75, 3.05) is 6.54 Å². The number of fused-ring (bicyclic) bond motifs is 1. The molecule has 5 nitrogen and oxygen atoms in total. The average molecular weight is 339 g/mol. The van der Waals surface area contributed by atoms with E-state index >= 15 is 0 Å². The number of amides is 2. The van der Waals surface area contributed by atoms with E-state index in [0.29, 0.717) is 12.1 Å². The van der Waals surface area contributed by atoms with Crippen LogP contribution in [0.15, 0.2) is 47.2 Å². The molecule has 0 saturated heterocycles. The van der Waals surface area contributed by atoms with Crippen LogP contribution in [0.2, 0.25) is 0 Å². The van der Waals surface area contributed by atoms with Crippen LogP contribution in [0.4, 0.5) is 0 Å². The van der Waals surface area contributed by atoms with Gasteiger partial charge in [0.1, 0.15) is 0 Å². The maximum absolute atomic E-state index is 12.0. The Balaban J connectivity index is 1.59. The number of aryl methyl sites for hydroxylation is 1. The smallest absolute Gasteiger partial charge is 0.252 e. The van der Waals surface area contributed by atoms with E-state index in [1.165, 1.54) is 11.3 Å². The molecule has 6 heteroatoms. The first-order valence-electron chi connectivity index (χ1n) is 7.56. The number of para-hydroxylation sites is 1. The zero-order chi connectivity index (χ0) is 16.9. The third kappa shape index (κ3) is 3.78. The Morgan fingerprint density at radius 3 is 2.79 bits per heavy atom. The number of carbonyl (C=O) groups excluding carboxylic acids is 2. The minimum Gasteiger partial charge on any atom is -0.350 e. The Hall–Kier alpha value is -2.73. The molecule has 0 saturated carbocycles. The van der Waals surface area contributed by atoms with E-state index in [0.717, 1.165) is 22.2 Å². The number of aromatic nitrogens is 1. The van der Waals surface area contributed by atoms with Crippen molar-refractivity contribution in [2.24, 2.45) is 0 Å². The minimum atomic E-state index is -0.239. The maximum Gasteiger partial charge on any atom is 0.252 e. The van der Waals surface area contributed by atoms with Crippen LogP contribution in [0.5, 0.6) is 0 Å². The van der Waals surface area contributed by atoms with Gasteiger partial charge in [0.2, 0.25) is 5.91 Å². The van der Waals surface area contributed by atoms with Crippen LogP contribution >= 0.6 is 11.3 Å². The van der Waals surface area contributed by atoms with Gasteiger partial charge in [-0.05, 0) is 36.1 Å². The van der Waals surface area contributed by atoms with E-state index in [4.69, 9.17) is 0 Å². The molecule has 3 aromatic rings. The number of hydrogen-bond acceptors (Lipinski definition) is 4. The first-order chi connectivity index (χ1) is 11.6. The fraction of sp³-hybridized carbons (Fsp3) is 0.167. The van der Waals surface area contributed by atoms with Crippen molar-refractivity contribution >= 4 is 34.1 Å². The number of nitrogens with one attached hydrogen (secondary N) is 2. The SMILES string of the molecule is Cc1cc(CNC(=O)CNC(=O)c2ccsc2)c2ccccc2n1. The van der Waals surface area contributed by atoms with Crippen molar-refractivity contribution in [3.05, 3.63) is 64.0 Å². The lowest BCUT2D eigenvalue weighted by Gasteiger charge is -2.10. The average Bonchev–Trinajstić information content (AvgIpc) is 3.12. The van der Waals surface area contributed by atoms with Crippen LogP contribution < -0.4 is 10.6 Å². The Morgan fingerprint density at radius 1 is 1.17 bits per heavy atom. The molecule has 0 aliphatic carbocycles. The number of hydrogen-bond donors (Lipinski definition) is 2. The summed E-state index contributed by atoms with van der Waals surface area (Å²) in [7, 11) is 0. The molecule has 2 heterocycles. The molecule has 0 spiro atoms. The third-order valence-electron chi connectivity index (χ3n) is 3.60. The first kappa shape index (κ1) is 16.1.